The lowest BCUT2D eigenvalue weighted by atomic mass is 10.2. The summed E-state index contributed by atoms with van der Waals surface area (Å²) in [5, 5.41) is 0. The zero-order chi connectivity index (χ0) is 11.4. The van der Waals surface area contributed by atoms with Crippen molar-refractivity contribution in [2.75, 3.05) is 19.7 Å². The van der Waals surface area contributed by atoms with E-state index in [0.29, 0.717) is 6.04 Å². The molecule has 104 valence electrons. The number of halogens is 2. The van der Waals surface area contributed by atoms with Gasteiger partial charge in [-0.15, -0.1) is 24.8 Å². The van der Waals surface area contributed by atoms with Crippen LogP contribution >= 0.6 is 24.8 Å². The first kappa shape index (κ1) is 17.5. The molecule has 0 aliphatic carbocycles. The fraction of sp³-hybridized carbons (Fsp3) is 0.538. The first-order chi connectivity index (χ1) is 7.79. The Balaban J connectivity index is 0.00000144. The Morgan fingerprint density at radius 2 is 2.06 bits per heavy atom. The highest BCUT2D eigenvalue weighted by Crippen LogP contribution is 2.21. The van der Waals surface area contributed by atoms with Crippen LogP contribution in [0.15, 0.2) is 24.3 Å². The molecule has 5 heteroatoms. The zero-order valence-electron chi connectivity index (χ0n) is 10.7. The topological polar surface area (TPSA) is 38.5 Å². The number of likely N-dealkylation sites (tertiary alicyclic amines) is 1. The minimum atomic E-state index is 0. The van der Waals surface area contributed by atoms with Gasteiger partial charge in [-0.05, 0) is 19.4 Å². The quantitative estimate of drug-likeness (QED) is 0.927. The van der Waals surface area contributed by atoms with E-state index in [0.717, 1.165) is 38.4 Å². The number of rotatable bonds is 4. The van der Waals surface area contributed by atoms with Gasteiger partial charge in [-0.3, -0.25) is 4.90 Å². The second-order valence-electron chi connectivity index (χ2n) is 4.32. The molecule has 0 unspecified atom stereocenters. The number of hydrogen-bond donors (Lipinski definition) is 1. The smallest absolute Gasteiger partial charge is 0.123 e. The molecule has 0 bridgehead atoms. The van der Waals surface area contributed by atoms with Crippen LogP contribution in [-0.2, 0) is 6.54 Å². The van der Waals surface area contributed by atoms with Crippen molar-refractivity contribution in [1.29, 1.82) is 0 Å². The average molecular weight is 293 g/mol. The summed E-state index contributed by atoms with van der Waals surface area (Å²) in [5.41, 5.74) is 7.17. The van der Waals surface area contributed by atoms with Crippen LogP contribution in [0.2, 0.25) is 0 Å². The van der Waals surface area contributed by atoms with E-state index in [-0.39, 0.29) is 24.8 Å². The maximum Gasteiger partial charge on any atom is 0.123 e. The molecular formula is C13H22Cl2N2O. The largest absolute Gasteiger partial charge is 0.494 e. The molecular weight excluding hydrogens is 271 g/mol. The fourth-order valence-corrected chi connectivity index (χ4v) is 2.18. The molecule has 3 nitrogen and oxygen atoms in total. The van der Waals surface area contributed by atoms with Crippen LogP contribution in [-0.4, -0.2) is 30.6 Å². The lowest BCUT2D eigenvalue weighted by Crippen LogP contribution is -2.26. The van der Waals surface area contributed by atoms with E-state index in [2.05, 4.69) is 17.0 Å². The third-order valence-corrected chi connectivity index (χ3v) is 2.98. The highest BCUT2D eigenvalue weighted by molar-refractivity contribution is 5.85. The van der Waals surface area contributed by atoms with Crippen LogP contribution in [0.25, 0.3) is 0 Å². The van der Waals surface area contributed by atoms with E-state index in [9.17, 15) is 0 Å². The Kier molecular flexibility index (Phi) is 8.36. The molecule has 0 aromatic heterocycles. The van der Waals surface area contributed by atoms with Gasteiger partial charge < -0.3 is 10.5 Å². The molecule has 1 atom stereocenters. The van der Waals surface area contributed by atoms with Crippen molar-refractivity contribution in [1.82, 2.24) is 4.90 Å². The summed E-state index contributed by atoms with van der Waals surface area (Å²) in [6, 6.07) is 8.60. The molecule has 0 radical (unpaired) electrons. The van der Waals surface area contributed by atoms with Crippen LogP contribution in [0, 0.1) is 0 Å². The fourth-order valence-electron chi connectivity index (χ4n) is 2.18. The summed E-state index contributed by atoms with van der Waals surface area (Å²) in [7, 11) is 0. The third kappa shape index (κ3) is 4.65. The predicted octanol–water partition coefficient (Wildman–Crippen LogP) is 2.46. The first-order valence-corrected chi connectivity index (χ1v) is 5.98. The summed E-state index contributed by atoms with van der Waals surface area (Å²) < 4.78 is 5.62. The van der Waals surface area contributed by atoms with E-state index in [1.54, 1.807) is 0 Å². The highest BCUT2D eigenvalue weighted by atomic mass is 35.5. The van der Waals surface area contributed by atoms with Gasteiger partial charge in [0.1, 0.15) is 5.75 Å². The lowest BCUT2D eigenvalue weighted by Gasteiger charge is -2.17. The molecule has 18 heavy (non-hydrogen) atoms. The Morgan fingerprint density at radius 3 is 2.67 bits per heavy atom. The molecule has 2 rings (SSSR count). The van der Waals surface area contributed by atoms with Crippen molar-refractivity contribution in [3.8, 4) is 5.75 Å². The summed E-state index contributed by atoms with van der Waals surface area (Å²) in [5.74, 6) is 1.01. The molecule has 1 aromatic carbocycles. The number of benzene rings is 1. The van der Waals surface area contributed by atoms with Crippen molar-refractivity contribution in [2.45, 2.75) is 25.9 Å². The SMILES string of the molecule is CCOc1ccccc1CN1CC[C@H](N)C1.Cl.Cl. The van der Waals surface area contributed by atoms with Gasteiger partial charge in [0, 0.05) is 31.2 Å². The molecule has 1 aromatic rings. The van der Waals surface area contributed by atoms with Crippen molar-refractivity contribution in [2.24, 2.45) is 5.73 Å². The van der Waals surface area contributed by atoms with E-state index in [4.69, 9.17) is 10.5 Å². The number of nitrogens with two attached hydrogens (primary N) is 1. The van der Waals surface area contributed by atoms with Gasteiger partial charge in [0.25, 0.3) is 0 Å². The molecule has 0 saturated carbocycles. The maximum absolute atomic E-state index is 5.90. The van der Waals surface area contributed by atoms with Crippen LogP contribution in [0.4, 0.5) is 0 Å². The molecule has 1 heterocycles. The Morgan fingerprint density at radius 1 is 1.33 bits per heavy atom. The lowest BCUT2D eigenvalue weighted by molar-refractivity contribution is 0.302. The molecule has 1 fully saturated rings. The summed E-state index contributed by atoms with van der Waals surface area (Å²) in [4.78, 5) is 2.39. The normalized spacial score (nSPS) is 18.9. The Bertz CT molecular complexity index is 350. The minimum Gasteiger partial charge on any atom is -0.494 e. The number of hydrogen-bond acceptors (Lipinski definition) is 3. The van der Waals surface area contributed by atoms with E-state index < -0.39 is 0 Å². The van der Waals surface area contributed by atoms with Gasteiger partial charge in [0.05, 0.1) is 6.61 Å². The average Bonchev–Trinajstić information content (AvgIpc) is 2.67. The van der Waals surface area contributed by atoms with Crippen LogP contribution in [0.1, 0.15) is 18.9 Å². The molecule has 2 N–H and O–H groups in total. The highest BCUT2D eigenvalue weighted by Gasteiger charge is 2.19. The standard InChI is InChI=1S/C13H20N2O.2ClH/c1-2-16-13-6-4-3-5-11(13)9-15-8-7-12(14)10-15;;/h3-6,12H,2,7-10,14H2,1H3;2*1H/t12-;;/m0../s1. The Hall–Kier alpha value is -0.480. The number of nitrogens with zero attached hydrogens (tertiary/aromatic N) is 1. The van der Waals surface area contributed by atoms with E-state index >= 15 is 0 Å². The second-order valence-corrected chi connectivity index (χ2v) is 4.32. The van der Waals surface area contributed by atoms with Crippen LogP contribution in [0.3, 0.4) is 0 Å². The van der Waals surface area contributed by atoms with Crippen LogP contribution < -0.4 is 10.5 Å². The second kappa shape index (κ2) is 8.59. The minimum absolute atomic E-state index is 0. The molecule has 1 aliphatic heterocycles. The zero-order valence-corrected chi connectivity index (χ0v) is 12.3. The van der Waals surface area contributed by atoms with Crippen molar-refractivity contribution < 1.29 is 4.74 Å². The molecule has 1 saturated heterocycles. The summed E-state index contributed by atoms with van der Waals surface area (Å²) in [6.07, 6.45) is 1.11. The van der Waals surface area contributed by atoms with Crippen LogP contribution in [0.5, 0.6) is 5.75 Å². The van der Waals surface area contributed by atoms with Crippen molar-refractivity contribution >= 4 is 24.8 Å². The third-order valence-electron chi connectivity index (χ3n) is 2.98. The van der Waals surface area contributed by atoms with E-state index in [1.807, 2.05) is 19.1 Å². The number of para-hydroxylation sites is 1. The molecule has 0 spiro atoms. The van der Waals surface area contributed by atoms with Gasteiger partial charge >= 0.3 is 0 Å². The van der Waals surface area contributed by atoms with Gasteiger partial charge in [-0.25, -0.2) is 0 Å². The molecule has 1 aliphatic rings. The van der Waals surface area contributed by atoms with Crippen molar-refractivity contribution in [3.63, 3.8) is 0 Å². The van der Waals surface area contributed by atoms with Gasteiger partial charge in [0.15, 0.2) is 0 Å². The number of ether oxygens (including phenoxy) is 1. The van der Waals surface area contributed by atoms with Crippen molar-refractivity contribution in [3.05, 3.63) is 29.8 Å². The van der Waals surface area contributed by atoms with Gasteiger partial charge in [-0.2, -0.15) is 0 Å². The van der Waals surface area contributed by atoms with Gasteiger partial charge in [-0.1, -0.05) is 18.2 Å². The summed E-state index contributed by atoms with van der Waals surface area (Å²) >= 11 is 0. The van der Waals surface area contributed by atoms with E-state index in [1.165, 1.54) is 5.56 Å². The van der Waals surface area contributed by atoms with Gasteiger partial charge in [0.2, 0.25) is 0 Å². The monoisotopic (exact) mass is 292 g/mol. The predicted molar refractivity (Wildman–Crippen MR) is 80.0 cm³/mol. The Labute approximate surface area is 121 Å². The maximum atomic E-state index is 5.90. The first-order valence-electron chi connectivity index (χ1n) is 5.98. The molecule has 0 amide bonds. The summed E-state index contributed by atoms with van der Waals surface area (Å²) in [6.45, 7) is 5.78.